The van der Waals surface area contributed by atoms with Crippen molar-refractivity contribution in [3.63, 3.8) is 0 Å². The van der Waals surface area contributed by atoms with Crippen molar-refractivity contribution in [1.29, 1.82) is 0 Å². The van der Waals surface area contributed by atoms with Crippen LogP contribution in [0, 0.1) is 17.7 Å². The Balaban J connectivity index is 1.40. The topological polar surface area (TPSA) is 44.4 Å². The first-order valence-electron chi connectivity index (χ1n) is 9.41. The van der Waals surface area contributed by atoms with Crippen LogP contribution in [0.3, 0.4) is 0 Å². The van der Waals surface area contributed by atoms with Crippen LogP contribution in [0.25, 0.3) is 0 Å². The maximum Gasteiger partial charge on any atom is 0.269 e. The number of hydrogen-bond donors (Lipinski definition) is 2. The van der Waals surface area contributed by atoms with Crippen molar-refractivity contribution in [3.05, 3.63) is 71.5 Å². The summed E-state index contributed by atoms with van der Waals surface area (Å²) in [5, 5.41) is 6.65. The van der Waals surface area contributed by atoms with Gasteiger partial charge in [0.15, 0.2) is 0 Å². The second-order valence-corrected chi connectivity index (χ2v) is 7.64. The lowest BCUT2D eigenvalue weighted by Gasteiger charge is -2.26. The summed E-state index contributed by atoms with van der Waals surface area (Å²) in [6.45, 7) is 0. The Labute approximate surface area is 152 Å². The number of amides is 1. The van der Waals surface area contributed by atoms with Gasteiger partial charge in [-0.3, -0.25) is 4.79 Å². The number of allylic oxidation sites excluding steroid dienone is 3. The summed E-state index contributed by atoms with van der Waals surface area (Å²) in [6, 6.07) is 6.74. The SMILES string of the molecule is O=C(NC(C1CC1)C1CC1)C1=C2C=CC=CN2C(c2ccc(F)cc2)N1. The molecule has 0 saturated heterocycles. The van der Waals surface area contributed by atoms with Crippen LogP contribution >= 0.6 is 0 Å². The van der Waals surface area contributed by atoms with E-state index >= 15 is 0 Å². The van der Waals surface area contributed by atoms with E-state index < -0.39 is 0 Å². The van der Waals surface area contributed by atoms with Crippen LogP contribution in [0.2, 0.25) is 0 Å². The number of hydrogen-bond acceptors (Lipinski definition) is 3. The summed E-state index contributed by atoms with van der Waals surface area (Å²) in [7, 11) is 0. The van der Waals surface area contributed by atoms with Crippen molar-refractivity contribution >= 4 is 5.91 Å². The number of fused-ring (bicyclic) bond motifs is 1. The molecule has 1 unspecified atom stereocenters. The van der Waals surface area contributed by atoms with Gasteiger partial charge in [0.1, 0.15) is 17.7 Å². The molecule has 1 aromatic carbocycles. The highest BCUT2D eigenvalue weighted by atomic mass is 19.1. The Morgan fingerprint density at radius 3 is 2.46 bits per heavy atom. The van der Waals surface area contributed by atoms with Gasteiger partial charge in [-0.25, -0.2) is 4.39 Å². The van der Waals surface area contributed by atoms with Crippen LogP contribution in [0.4, 0.5) is 4.39 Å². The van der Waals surface area contributed by atoms with E-state index in [0.717, 1.165) is 11.3 Å². The molecule has 0 bridgehead atoms. The van der Waals surface area contributed by atoms with Crippen LogP contribution in [-0.4, -0.2) is 16.8 Å². The third-order valence-corrected chi connectivity index (χ3v) is 5.68. The number of nitrogens with one attached hydrogen (secondary N) is 2. The molecule has 2 N–H and O–H groups in total. The summed E-state index contributed by atoms with van der Waals surface area (Å²) >= 11 is 0. The van der Waals surface area contributed by atoms with Gasteiger partial charge in [0.25, 0.3) is 5.91 Å². The molecule has 2 saturated carbocycles. The minimum absolute atomic E-state index is 0.0293. The van der Waals surface area contributed by atoms with Gasteiger partial charge >= 0.3 is 0 Å². The van der Waals surface area contributed by atoms with E-state index in [4.69, 9.17) is 0 Å². The van der Waals surface area contributed by atoms with Gasteiger partial charge in [0, 0.05) is 12.2 Å². The lowest BCUT2D eigenvalue weighted by Crippen LogP contribution is -2.41. The van der Waals surface area contributed by atoms with E-state index in [9.17, 15) is 9.18 Å². The van der Waals surface area contributed by atoms with Gasteiger partial charge in [-0.05, 0) is 67.4 Å². The maximum atomic E-state index is 13.3. The van der Waals surface area contributed by atoms with Crippen molar-refractivity contribution in [3.8, 4) is 0 Å². The predicted octanol–water partition coefficient (Wildman–Crippen LogP) is 3.33. The monoisotopic (exact) mass is 351 g/mol. The summed E-state index contributed by atoms with van der Waals surface area (Å²) < 4.78 is 13.3. The summed E-state index contributed by atoms with van der Waals surface area (Å²) in [6.07, 6.45) is 12.5. The summed E-state index contributed by atoms with van der Waals surface area (Å²) in [5.41, 5.74) is 2.39. The fraction of sp³-hybridized carbons (Fsp3) is 0.381. The maximum absolute atomic E-state index is 13.3. The Hall–Kier alpha value is -2.56. The first kappa shape index (κ1) is 15.7. The van der Waals surface area contributed by atoms with Crippen LogP contribution in [0.5, 0.6) is 0 Å². The zero-order valence-electron chi connectivity index (χ0n) is 14.5. The third-order valence-electron chi connectivity index (χ3n) is 5.68. The molecule has 1 aromatic rings. The fourth-order valence-corrected chi connectivity index (χ4v) is 4.00. The molecule has 5 rings (SSSR count). The number of nitrogens with zero attached hydrogens (tertiary/aromatic N) is 1. The molecular formula is C21H22FN3O. The second kappa shape index (κ2) is 6.01. The molecule has 4 aliphatic rings. The lowest BCUT2D eigenvalue weighted by atomic mass is 10.1. The average molecular weight is 351 g/mol. The van der Waals surface area contributed by atoms with Crippen molar-refractivity contribution in [2.24, 2.45) is 11.8 Å². The molecule has 4 nitrogen and oxygen atoms in total. The quantitative estimate of drug-likeness (QED) is 0.855. The molecule has 2 heterocycles. The van der Waals surface area contributed by atoms with Crippen molar-refractivity contribution in [2.45, 2.75) is 37.9 Å². The number of carbonyl (C=O) groups excluding carboxylic acids is 1. The van der Waals surface area contributed by atoms with E-state index in [0.29, 0.717) is 23.6 Å². The van der Waals surface area contributed by atoms with E-state index in [2.05, 4.69) is 10.6 Å². The molecule has 0 spiro atoms. The van der Waals surface area contributed by atoms with E-state index in [1.807, 2.05) is 29.3 Å². The first-order valence-corrected chi connectivity index (χ1v) is 9.41. The van der Waals surface area contributed by atoms with Crippen molar-refractivity contribution < 1.29 is 9.18 Å². The Morgan fingerprint density at radius 1 is 1.12 bits per heavy atom. The molecule has 5 heteroatoms. The van der Waals surface area contributed by atoms with Crippen molar-refractivity contribution in [2.75, 3.05) is 0 Å². The largest absolute Gasteiger partial charge is 0.355 e. The minimum atomic E-state index is -0.260. The number of rotatable bonds is 5. The molecule has 1 amide bonds. The predicted molar refractivity (Wildman–Crippen MR) is 96.8 cm³/mol. The lowest BCUT2D eigenvalue weighted by molar-refractivity contribution is -0.118. The number of halogens is 1. The summed E-state index contributed by atoms with van der Waals surface area (Å²) in [5.74, 6) is 1.02. The Morgan fingerprint density at radius 2 is 1.81 bits per heavy atom. The van der Waals surface area contributed by atoms with E-state index in [1.165, 1.54) is 37.8 Å². The fourth-order valence-electron chi connectivity index (χ4n) is 4.00. The van der Waals surface area contributed by atoms with Gasteiger partial charge in [0.2, 0.25) is 0 Å². The molecule has 2 aliphatic carbocycles. The molecule has 2 fully saturated rings. The Bertz CT molecular complexity index is 806. The second-order valence-electron chi connectivity index (χ2n) is 7.64. The van der Waals surface area contributed by atoms with Crippen molar-refractivity contribution in [1.82, 2.24) is 15.5 Å². The first-order chi connectivity index (χ1) is 12.7. The molecule has 0 aromatic heterocycles. The molecule has 1 atom stereocenters. The highest BCUT2D eigenvalue weighted by Gasteiger charge is 2.43. The summed E-state index contributed by atoms with van der Waals surface area (Å²) in [4.78, 5) is 15.1. The van der Waals surface area contributed by atoms with Crippen LogP contribution in [0.15, 0.2) is 60.1 Å². The highest BCUT2D eigenvalue weighted by Crippen LogP contribution is 2.45. The molecule has 0 radical (unpaired) electrons. The zero-order valence-corrected chi connectivity index (χ0v) is 14.5. The minimum Gasteiger partial charge on any atom is -0.355 e. The molecular weight excluding hydrogens is 329 g/mol. The van der Waals surface area contributed by atoms with Gasteiger partial charge in [-0.1, -0.05) is 18.2 Å². The molecule has 26 heavy (non-hydrogen) atoms. The normalized spacial score (nSPS) is 24.1. The van der Waals surface area contributed by atoms with E-state index in [1.54, 1.807) is 12.1 Å². The molecule has 134 valence electrons. The Kier molecular flexibility index (Phi) is 3.62. The van der Waals surface area contributed by atoms with Gasteiger partial charge in [-0.15, -0.1) is 0 Å². The highest BCUT2D eigenvalue weighted by molar-refractivity contribution is 5.95. The van der Waals surface area contributed by atoms with Crippen LogP contribution in [0.1, 0.15) is 37.4 Å². The molecule has 2 aliphatic heterocycles. The average Bonchev–Trinajstić information content (AvgIpc) is 3.57. The number of benzene rings is 1. The van der Waals surface area contributed by atoms with E-state index in [-0.39, 0.29) is 17.9 Å². The standard InChI is InChI=1S/C21H22FN3O/c22-16-10-8-15(9-11-16)20-23-19(17-3-1-2-12-25(17)20)21(26)24-18(13-4-5-13)14-6-7-14/h1-3,8-14,18,20,23H,4-7H2,(H,24,26). The van der Waals surface area contributed by atoms with Gasteiger partial charge in [-0.2, -0.15) is 0 Å². The van der Waals surface area contributed by atoms with Gasteiger partial charge in [0.05, 0.1) is 5.70 Å². The van der Waals surface area contributed by atoms with Gasteiger partial charge < -0.3 is 15.5 Å². The van der Waals surface area contributed by atoms with Crippen LogP contribution in [-0.2, 0) is 4.79 Å². The third kappa shape index (κ3) is 2.81. The zero-order chi connectivity index (χ0) is 17.7. The smallest absolute Gasteiger partial charge is 0.269 e. The van der Waals surface area contributed by atoms with Crippen LogP contribution < -0.4 is 10.6 Å². The number of carbonyl (C=O) groups is 1.